The molecule has 0 aliphatic rings. The Morgan fingerprint density at radius 1 is 1.43 bits per heavy atom. The summed E-state index contributed by atoms with van der Waals surface area (Å²) in [6, 6.07) is 8.23. The molecule has 0 fully saturated rings. The summed E-state index contributed by atoms with van der Waals surface area (Å²) < 4.78 is 1.20. The highest BCUT2D eigenvalue weighted by molar-refractivity contribution is 14.1. The van der Waals surface area contributed by atoms with Crippen LogP contribution in [0.3, 0.4) is 0 Å². The van der Waals surface area contributed by atoms with Gasteiger partial charge in [0.05, 0.1) is 0 Å². The predicted octanol–water partition coefficient (Wildman–Crippen LogP) is 2.49. The number of hydrogen-bond acceptors (Lipinski definition) is 2. The van der Waals surface area contributed by atoms with Gasteiger partial charge in [0.25, 0.3) is 0 Å². The van der Waals surface area contributed by atoms with Crippen LogP contribution in [0, 0.1) is 3.57 Å². The van der Waals surface area contributed by atoms with E-state index < -0.39 is 0 Å². The average Bonchev–Trinajstić information content (AvgIpc) is 2.14. The third-order valence-corrected chi connectivity index (χ3v) is 2.62. The van der Waals surface area contributed by atoms with Gasteiger partial charge in [-0.25, -0.2) is 0 Å². The van der Waals surface area contributed by atoms with E-state index in [9.17, 15) is 0 Å². The molecule has 3 N–H and O–H groups in total. The molecule has 0 saturated carbocycles. The molecule has 1 aromatic rings. The molecule has 0 aliphatic heterocycles. The molecule has 14 heavy (non-hydrogen) atoms. The lowest BCUT2D eigenvalue weighted by Crippen LogP contribution is -2.10. The maximum Gasteiger partial charge on any atom is 0.0431 e. The molecule has 0 heterocycles. The lowest BCUT2D eigenvalue weighted by Gasteiger charge is -2.10. The van der Waals surface area contributed by atoms with Crippen molar-refractivity contribution in [3.05, 3.63) is 33.4 Å². The highest BCUT2D eigenvalue weighted by Gasteiger charge is 2.04. The third kappa shape index (κ3) is 4.59. The second kappa shape index (κ2) is 7.45. The fourth-order valence-electron chi connectivity index (χ4n) is 1.22. The first-order chi connectivity index (χ1) is 6.24. The highest BCUT2D eigenvalue weighted by atomic mass is 127. The molecule has 0 bridgehead atoms. The summed E-state index contributed by atoms with van der Waals surface area (Å²) in [4.78, 5) is 0. The zero-order chi connectivity index (χ0) is 9.68. The third-order valence-electron chi connectivity index (χ3n) is 1.95. The Labute approximate surface area is 104 Å². The minimum absolute atomic E-state index is 0. The number of benzene rings is 1. The number of hydrogen-bond donors (Lipinski definition) is 2. The largest absolute Gasteiger partial charge is 0.396 e. The second-order valence-electron chi connectivity index (χ2n) is 3.03. The van der Waals surface area contributed by atoms with Crippen molar-refractivity contribution < 1.29 is 5.11 Å². The molecule has 0 aromatic heterocycles. The SMILES string of the molecule is Cl.N[C@@H](CCCO)c1cccc(I)c1. The predicted molar refractivity (Wildman–Crippen MR) is 69.7 cm³/mol. The first kappa shape index (κ1) is 14.2. The molecule has 0 unspecified atom stereocenters. The molecule has 2 nitrogen and oxygen atoms in total. The van der Waals surface area contributed by atoms with E-state index in [0.717, 1.165) is 18.4 Å². The molecule has 0 amide bonds. The standard InChI is InChI=1S/C10H14INO.ClH/c11-9-4-1-3-8(7-9)10(12)5-2-6-13;/h1,3-4,7,10,13H,2,5-6,12H2;1H/t10-;/m0./s1. The van der Waals surface area contributed by atoms with Crippen LogP contribution < -0.4 is 5.73 Å². The number of nitrogens with two attached hydrogens (primary N) is 1. The molecule has 1 atom stereocenters. The van der Waals surface area contributed by atoms with Gasteiger partial charge in [0, 0.05) is 16.2 Å². The fraction of sp³-hybridized carbons (Fsp3) is 0.400. The van der Waals surface area contributed by atoms with Gasteiger partial charge in [-0.1, -0.05) is 12.1 Å². The van der Waals surface area contributed by atoms with E-state index in [-0.39, 0.29) is 25.1 Å². The molecule has 0 saturated heterocycles. The average molecular weight is 328 g/mol. The Balaban J connectivity index is 0.00000169. The first-order valence-corrected chi connectivity index (χ1v) is 5.44. The summed E-state index contributed by atoms with van der Waals surface area (Å²) in [6.45, 7) is 0.220. The molecular formula is C10H15ClINO. The van der Waals surface area contributed by atoms with E-state index in [0.29, 0.717) is 0 Å². The van der Waals surface area contributed by atoms with E-state index in [1.165, 1.54) is 3.57 Å². The Bertz CT molecular complexity index is 270. The molecule has 4 heteroatoms. The van der Waals surface area contributed by atoms with Crippen molar-refractivity contribution >= 4 is 35.0 Å². The van der Waals surface area contributed by atoms with Crippen LogP contribution in [-0.2, 0) is 0 Å². The van der Waals surface area contributed by atoms with Gasteiger partial charge in [0.1, 0.15) is 0 Å². The van der Waals surface area contributed by atoms with Crippen LogP contribution in [0.5, 0.6) is 0 Å². The quantitative estimate of drug-likeness (QED) is 0.835. The minimum Gasteiger partial charge on any atom is -0.396 e. The van der Waals surface area contributed by atoms with Crippen molar-refractivity contribution in [1.82, 2.24) is 0 Å². The van der Waals surface area contributed by atoms with Gasteiger partial charge in [-0.3, -0.25) is 0 Å². The number of rotatable bonds is 4. The fourth-order valence-corrected chi connectivity index (χ4v) is 1.78. The molecule has 0 aliphatic carbocycles. The van der Waals surface area contributed by atoms with Gasteiger partial charge < -0.3 is 10.8 Å². The van der Waals surface area contributed by atoms with Gasteiger partial charge in [0.15, 0.2) is 0 Å². The van der Waals surface area contributed by atoms with Crippen LogP contribution in [-0.4, -0.2) is 11.7 Å². The van der Waals surface area contributed by atoms with Crippen LogP contribution >= 0.6 is 35.0 Å². The monoisotopic (exact) mass is 327 g/mol. The number of halogens is 2. The van der Waals surface area contributed by atoms with E-state index >= 15 is 0 Å². The van der Waals surface area contributed by atoms with Crippen LogP contribution in [0.15, 0.2) is 24.3 Å². The normalized spacial score (nSPS) is 11.9. The molecule has 80 valence electrons. The molecule has 0 spiro atoms. The maximum atomic E-state index is 8.66. The van der Waals surface area contributed by atoms with Crippen LogP contribution in [0.4, 0.5) is 0 Å². The zero-order valence-corrected chi connectivity index (χ0v) is 10.8. The smallest absolute Gasteiger partial charge is 0.0431 e. The Morgan fingerprint density at radius 2 is 2.14 bits per heavy atom. The number of aliphatic hydroxyl groups excluding tert-OH is 1. The summed E-state index contributed by atoms with van der Waals surface area (Å²) in [6.07, 6.45) is 1.61. The van der Waals surface area contributed by atoms with E-state index in [4.69, 9.17) is 10.8 Å². The lowest BCUT2D eigenvalue weighted by molar-refractivity contribution is 0.280. The molecular weight excluding hydrogens is 312 g/mol. The van der Waals surface area contributed by atoms with Gasteiger partial charge in [-0.15, -0.1) is 12.4 Å². The topological polar surface area (TPSA) is 46.2 Å². The van der Waals surface area contributed by atoms with E-state index in [1.54, 1.807) is 0 Å². The van der Waals surface area contributed by atoms with E-state index in [2.05, 4.69) is 28.7 Å². The van der Waals surface area contributed by atoms with Crippen molar-refractivity contribution in [2.24, 2.45) is 5.73 Å². The van der Waals surface area contributed by atoms with Crippen LogP contribution in [0.2, 0.25) is 0 Å². The summed E-state index contributed by atoms with van der Waals surface area (Å²) >= 11 is 2.27. The second-order valence-corrected chi connectivity index (χ2v) is 4.27. The van der Waals surface area contributed by atoms with Crippen LogP contribution in [0.25, 0.3) is 0 Å². The Kier molecular flexibility index (Phi) is 7.54. The summed E-state index contributed by atoms with van der Waals surface area (Å²) in [7, 11) is 0. The maximum absolute atomic E-state index is 8.66. The first-order valence-electron chi connectivity index (χ1n) is 4.36. The van der Waals surface area contributed by atoms with Crippen LogP contribution in [0.1, 0.15) is 24.4 Å². The van der Waals surface area contributed by atoms with Crippen molar-refractivity contribution in [3.8, 4) is 0 Å². The highest BCUT2D eigenvalue weighted by Crippen LogP contribution is 2.17. The lowest BCUT2D eigenvalue weighted by atomic mass is 10.0. The van der Waals surface area contributed by atoms with Gasteiger partial charge in [-0.05, 0) is 53.1 Å². The zero-order valence-electron chi connectivity index (χ0n) is 7.82. The summed E-state index contributed by atoms with van der Waals surface area (Å²) in [5, 5.41) is 8.66. The van der Waals surface area contributed by atoms with Gasteiger partial charge in [0.2, 0.25) is 0 Å². The minimum atomic E-state index is 0. The molecule has 1 rings (SSSR count). The molecule has 1 aromatic carbocycles. The van der Waals surface area contributed by atoms with Crippen molar-refractivity contribution in [3.63, 3.8) is 0 Å². The van der Waals surface area contributed by atoms with Crippen molar-refractivity contribution in [1.29, 1.82) is 0 Å². The van der Waals surface area contributed by atoms with Gasteiger partial charge >= 0.3 is 0 Å². The summed E-state index contributed by atoms with van der Waals surface area (Å²) in [5.41, 5.74) is 7.09. The Morgan fingerprint density at radius 3 is 2.71 bits per heavy atom. The molecule has 0 radical (unpaired) electrons. The van der Waals surface area contributed by atoms with E-state index in [1.807, 2.05) is 18.2 Å². The summed E-state index contributed by atoms with van der Waals surface area (Å²) in [5.74, 6) is 0. The van der Waals surface area contributed by atoms with Crippen molar-refractivity contribution in [2.75, 3.05) is 6.61 Å². The van der Waals surface area contributed by atoms with Crippen molar-refractivity contribution in [2.45, 2.75) is 18.9 Å². The number of aliphatic hydroxyl groups is 1. The Hall–Kier alpha value is 0.160. The van der Waals surface area contributed by atoms with Gasteiger partial charge in [-0.2, -0.15) is 0 Å².